The van der Waals surface area contributed by atoms with Crippen molar-refractivity contribution in [2.24, 2.45) is 0 Å². The van der Waals surface area contributed by atoms with Crippen LogP contribution in [0.1, 0.15) is 35.2 Å². The molecule has 3 rings (SSSR count). The van der Waals surface area contributed by atoms with Crippen LogP contribution in [0.5, 0.6) is 0 Å². The molecule has 2 aromatic carbocycles. The van der Waals surface area contributed by atoms with E-state index in [0.717, 1.165) is 0 Å². The number of carbonyl (C=O) groups excluding carboxylic acids is 2. The molecular weight excluding hydrogens is 352 g/mol. The highest BCUT2D eigenvalue weighted by molar-refractivity contribution is 5.97. The third kappa shape index (κ3) is 5.54. The zero-order chi connectivity index (χ0) is 19.8. The van der Waals surface area contributed by atoms with Gasteiger partial charge in [0.25, 0.3) is 5.91 Å². The summed E-state index contributed by atoms with van der Waals surface area (Å²) < 4.78 is 1.84. The van der Waals surface area contributed by atoms with Gasteiger partial charge in [-0.25, -0.2) is 4.98 Å². The van der Waals surface area contributed by atoms with Crippen LogP contribution in [0.25, 0.3) is 0 Å². The van der Waals surface area contributed by atoms with Crippen LogP contribution in [0.2, 0.25) is 0 Å². The van der Waals surface area contributed by atoms with Crippen LogP contribution in [-0.2, 0) is 11.3 Å². The van der Waals surface area contributed by atoms with Crippen molar-refractivity contribution < 1.29 is 9.59 Å². The van der Waals surface area contributed by atoms with Crippen molar-refractivity contribution in [3.05, 3.63) is 84.4 Å². The number of rotatable bonds is 8. The second-order valence-corrected chi connectivity index (χ2v) is 6.70. The Hall–Kier alpha value is -3.41. The molecule has 1 heterocycles. The molecule has 0 aliphatic rings. The summed E-state index contributed by atoms with van der Waals surface area (Å²) in [6, 6.07) is 17.0. The molecular formula is C22H24N4O2. The van der Waals surface area contributed by atoms with E-state index in [1.165, 1.54) is 5.56 Å². The monoisotopic (exact) mass is 376 g/mol. The Kier molecular flexibility index (Phi) is 6.57. The number of nitrogens with one attached hydrogen (secondary N) is 2. The van der Waals surface area contributed by atoms with Crippen LogP contribution in [0.15, 0.2) is 73.3 Å². The molecule has 0 aliphatic heterocycles. The van der Waals surface area contributed by atoms with Gasteiger partial charge in [0.05, 0.1) is 6.33 Å². The predicted molar refractivity (Wildman–Crippen MR) is 109 cm³/mol. The van der Waals surface area contributed by atoms with Crippen molar-refractivity contribution in [1.29, 1.82) is 0 Å². The predicted octanol–water partition coefficient (Wildman–Crippen LogP) is 3.45. The lowest BCUT2D eigenvalue weighted by Gasteiger charge is -2.13. The third-order valence-corrected chi connectivity index (χ3v) is 4.50. The fourth-order valence-electron chi connectivity index (χ4n) is 2.86. The Morgan fingerprint density at radius 3 is 2.68 bits per heavy atom. The summed E-state index contributed by atoms with van der Waals surface area (Å²) in [5, 5.41) is 5.80. The van der Waals surface area contributed by atoms with Gasteiger partial charge in [-0.3, -0.25) is 9.59 Å². The number of carbonyl (C=O) groups is 2. The van der Waals surface area contributed by atoms with E-state index < -0.39 is 0 Å². The molecule has 1 atom stereocenters. The summed E-state index contributed by atoms with van der Waals surface area (Å²) >= 11 is 0. The van der Waals surface area contributed by atoms with E-state index in [2.05, 4.69) is 34.7 Å². The number of nitrogens with zero attached hydrogens (tertiary/aromatic N) is 2. The summed E-state index contributed by atoms with van der Waals surface area (Å²) in [6.45, 7) is 3.18. The zero-order valence-corrected chi connectivity index (χ0v) is 15.8. The summed E-state index contributed by atoms with van der Waals surface area (Å²) in [5.74, 6) is -0.0440. The summed E-state index contributed by atoms with van der Waals surface area (Å²) in [4.78, 5) is 28.5. The minimum absolute atomic E-state index is 0.107. The van der Waals surface area contributed by atoms with Gasteiger partial charge in [-0.15, -0.1) is 0 Å². The molecule has 6 heteroatoms. The van der Waals surface area contributed by atoms with Crippen molar-refractivity contribution in [2.45, 2.75) is 25.8 Å². The van der Waals surface area contributed by atoms with Crippen LogP contribution in [0.4, 0.5) is 5.69 Å². The summed E-state index contributed by atoms with van der Waals surface area (Å²) in [5.41, 5.74) is 2.31. The Morgan fingerprint density at radius 1 is 1.11 bits per heavy atom. The average molecular weight is 376 g/mol. The molecule has 1 aromatic heterocycles. The van der Waals surface area contributed by atoms with Gasteiger partial charge in [0.2, 0.25) is 5.91 Å². The first-order valence-electron chi connectivity index (χ1n) is 9.30. The molecule has 2 amide bonds. The first kappa shape index (κ1) is 19.4. The second kappa shape index (κ2) is 9.50. The van der Waals surface area contributed by atoms with Gasteiger partial charge >= 0.3 is 0 Å². The topological polar surface area (TPSA) is 76.0 Å². The summed E-state index contributed by atoms with van der Waals surface area (Å²) in [7, 11) is 0. The molecule has 0 bridgehead atoms. The second-order valence-electron chi connectivity index (χ2n) is 6.70. The quantitative estimate of drug-likeness (QED) is 0.632. The highest BCUT2D eigenvalue weighted by atomic mass is 16.2. The van der Waals surface area contributed by atoms with E-state index in [1.54, 1.807) is 36.8 Å². The number of hydrogen-bond donors (Lipinski definition) is 2. The van der Waals surface area contributed by atoms with Gasteiger partial charge in [-0.2, -0.15) is 0 Å². The number of amides is 2. The van der Waals surface area contributed by atoms with Crippen LogP contribution in [0.3, 0.4) is 0 Å². The molecule has 0 spiro atoms. The van der Waals surface area contributed by atoms with Crippen LogP contribution < -0.4 is 10.6 Å². The van der Waals surface area contributed by atoms with Crippen molar-refractivity contribution >= 4 is 17.5 Å². The maximum atomic E-state index is 12.5. The lowest BCUT2D eigenvalue weighted by Crippen LogP contribution is -2.27. The highest BCUT2D eigenvalue weighted by Gasteiger charge is 2.11. The van der Waals surface area contributed by atoms with Crippen LogP contribution in [0, 0.1) is 0 Å². The SMILES string of the molecule is CC(CNC(=O)c1cccc(NC(=O)CCn2ccnc2)c1)c1ccccc1. The van der Waals surface area contributed by atoms with Gasteiger partial charge in [0.1, 0.15) is 0 Å². The number of imidazole rings is 1. The van der Waals surface area contributed by atoms with Crippen molar-refractivity contribution in [1.82, 2.24) is 14.9 Å². The van der Waals surface area contributed by atoms with Gasteiger partial charge in [-0.1, -0.05) is 43.3 Å². The molecule has 3 aromatic rings. The standard InChI is InChI=1S/C22H24N4O2/c1-17(18-6-3-2-4-7-18)15-24-22(28)19-8-5-9-20(14-19)25-21(27)10-12-26-13-11-23-16-26/h2-9,11,13-14,16-17H,10,12,15H2,1H3,(H,24,28)(H,25,27). The fourth-order valence-corrected chi connectivity index (χ4v) is 2.86. The van der Waals surface area contributed by atoms with E-state index in [9.17, 15) is 9.59 Å². The number of benzene rings is 2. The normalized spacial score (nSPS) is 11.6. The van der Waals surface area contributed by atoms with Gasteiger partial charge < -0.3 is 15.2 Å². The molecule has 0 fully saturated rings. The average Bonchev–Trinajstić information content (AvgIpc) is 3.25. The number of aryl methyl sites for hydroxylation is 1. The first-order valence-corrected chi connectivity index (χ1v) is 9.30. The van der Waals surface area contributed by atoms with Crippen molar-refractivity contribution in [2.75, 3.05) is 11.9 Å². The lowest BCUT2D eigenvalue weighted by atomic mass is 10.0. The molecule has 0 saturated carbocycles. The van der Waals surface area contributed by atoms with Crippen molar-refractivity contribution in [3.63, 3.8) is 0 Å². The highest BCUT2D eigenvalue weighted by Crippen LogP contribution is 2.14. The van der Waals surface area contributed by atoms with E-state index >= 15 is 0 Å². The first-order chi connectivity index (χ1) is 13.6. The van der Waals surface area contributed by atoms with Gasteiger partial charge in [0, 0.05) is 43.2 Å². The largest absolute Gasteiger partial charge is 0.351 e. The molecule has 0 radical (unpaired) electrons. The molecule has 1 unspecified atom stereocenters. The van der Waals surface area contributed by atoms with E-state index in [4.69, 9.17) is 0 Å². The Morgan fingerprint density at radius 2 is 1.93 bits per heavy atom. The number of aromatic nitrogens is 2. The molecule has 2 N–H and O–H groups in total. The number of anilines is 1. The molecule has 6 nitrogen and oxygen atoms in total. The lowest BCUT2D eigenvalue weighted by molar-refractivity contribution is -0.116. The number of hydrogen-bond acceptors (Lipinski definition) is 3. The summed E-state index contributed by atoms with van der Waals surface area (Å²) in [6.07, 6.45) is 5.50. The molecule has 0 saturated heterocycles. The van der Waals surface area contributed by atoms with Crippen LogP contribution >= 0.6 is 0 Å². The smallest absolute Gasteiger partial charge is 0.251 e. The van der Waals surface area contributed by atoms with E-state index in [-0.39, 0.29) is 17.7 Å². The minimum Gasteiger partial charge on any atom is -0.351 e. The molecule has 28 heavy (non-hydrogen) atoms. The van der Waals surface area contributed by atoms with Gasteiger partial charge in [-0.05, 0) is 29.7 Å². The zero-order valence-electron chi connectivity index (χ0n) is 15.8. The van der Waals surface area contributed by atoms with Crippen molar-refractivity contribution in [3.8, 4) is 0 Å². The Bertz CT molecular complexity index is 907. The van der Waals surface area contributed by atoms with E-state index in [1.807, 2.05) is 29.0 Å². The maximum absolute atomic E-state index is 12.5. The third-order valence-electron chi connectivity index (χ3n) is 4.50. The maximum Gasteiger partial charge on any atom is 0.251 e. The molecule has 0 aliphatic carbocycles. The Labute approximate surface area is 164 Å². The van der Waals surface area contributed by atoms with E-state index in [0.29, 0.717) is 30.8 Å². The minimum atomic E-state index is -0.155. The Balaban J connectivity index is 1.51. The van der Waals surface area contributed by atoms with Gasteiger partial charge in [0.15, 0.2) is 0 Å². The fraction of sp³-hybridized carbons (Fsp3) is 0.227. The molecule has 144 valence electrons. The van der Waals surface area contributed by atoms with Crippen LogP contribution in [-0.4, -0.2) is 27.9 Å².